The summed E-state index contributed by atoms with van der Waals surface area (Å²) in [6.45, 7) is 2.36. The number of hydrogen-bond acceptors (Lipinski definition) is 5. The zero-order valence-electron chi connectivity index (χ0n) is 14.3. The van der Waals surface area contributed by atoms with Crippen LogP contribution in [0.5, 0.6) is 5.75 Å². The fraction of sp³-hybridized carbons (Fsp3) is 0.150. The van der Waals surface area contributed by atoms with E-state index >= 15 is 0 Å². The molecule has 1 aromatic heterocycles. The van der Waals surface area contributed by atoms with Crippen LogP contribution in [0.4, 0.5) is 11.5 Å². The Kier molecular flexibility index (Phi) is 4.99. The topological polar surface area (TPSA) is 90.1 Å². The number of ether oxygens (including phenoxy) is 1. The van der Waals surface area contributed by atoms with E-state index in [-0.39, 0.29) is 6.42 Å². The van der Waals surface area contributed by atoms with Crippen molar-refractivity contribution >= 4 is 28.3 Å². The highest BCUT2D eigenvalue weighted by Crippen LogP contribution is 2.30. The molecule has 3 N–H and O–H groups in total. The van der Waals surface area contributed by atoms with Gasteiger partial charge >= 0.3 is 0 Å². The molecule has 1 heterocycles. The van der Waals surface area contributed by atoms with E-state index in [2.05, 4.69) is 21.2 Å². The van der Waals surface area contributed by atoms with Gasteiger partial charge in [0.05, 0.1) is 18.5 Å². The molecular formula is C20H18N4O2. The Balaban J connectivity index is 2.08. The largest absolute Gasteiger partial charge is 0.494 e. The number of hydrogen-bond donors (Lipinski definition) is 2. The summed E-state index contributed by atoms with van der Waals surface area (Å²) < 4.78 is 5.62. The summed E-state index contributed by atoms with van der Waals surface area (Å²) in [4.78, 5) is 20.0. The van der Waals surface area contributed by atoms with Gasteiger partial charge < -0.3 is 15.8 Å². The summed E-state index contributed by atoms with van der Waals surface area (Å²) in [5.74, 6) is 3.37. The number of nitrogens with two attached hydrogens (primary N) is 1. The number of benzene rings is 2. The van der Waals surface area contributed by atoms with Crippen molar-refractivity contribution in [3.8, 4) is 18.1 Å². The third-order valence-electron chi connectivity index (χ3n) is 3.77. The van der Waals surface area contributed by atoms with Crippen LogP contribution < -0.4 is 15.8 Å². The van der Waals surface area contributed by atoms with Gasteiger partial charge in [-0.05, 0) is 31.2 Å². The minimum absolute atomic E-state index is 0.0756. The van der Waals surface area contributed by atoms with Crippen molar-refractivity contribution in [1.29, 1.82) is 0 Å². The Bertz CT molecular complexity index is 1010. The van der Waals surface area contributed by atoms with Crippen LogP contribution in [0.1, 0.15) is 18.1 Å². The van der Waals surface area contributed by atoms with Crippen LogP contribution in [-0.2, 0) is 11.2 Å². The van der Waals surface area contributed by atoms with Crippen molar-refractivity contribution in [3.63, 3.8) is 0 Å². The zero-order valence-corrected chi connectivity index (χ0v) is 14.3. The molecular weight excluding hydrogens is 328 g/mol. The summed E-state index contributed by atoms with van der Waals surface area (Å²) in [6, 6.07) is 11.1. The fourth-order valence-electron chi connectivity index (χ4n) is 2.67. The SMILES string of the molecule is C#Cc1cccc(Nc2ncnc3cc(OCC)c(CC(N)=O)cc23)c1. The van der Waals surface area contributed by atoms with E-state index in [9.17, 15) is 4.79 Å². The van der Waals surface area contributed by atoms with Crippen LogP contribution in [0.3, 0.4) is 0 Å². The minimum atomic E-state index is -0.432. The zero-order chi connectivity index (χ0) is 18.5. The molecule has 26 heavy (non-hydrogen) atoms. The number of anilines is 2. The number of terminal acetylenes is 1. The average Bonchev–Trinajstić information content (AvgIpc) is 2.63. The van der Waals surface area contributed by atoms with Crippen molar-refractivity contribution in [2.24, 2.45) is 5.73 Å². The number of nitrogens with one attached hydrogen (secondary N) is 1. The molecule has 0 radical (unpaired) electrons. The first kappa shape index (κ1) is 17.2. The first-order valence-electron chi connectivity index (χ1n) is 8.13. The second-order valence-corrected chi connectivity index (χ2v) is 5.63. The molecule has 0 saturated heterocycles. The van der Waals surface area contributed by atoms with Crippen molar-refractivity contribution < 1.29 is 9.53 Å². The van der Waals surface area contributed by atoms with Gasteiger partial charge in [-0.3, -0.25) is 4.79 Å². The van der Waals surface area contributed by atoms with Gasteiger partial charge in [-0.1, -0.05) is 12.0 Å². The van der Waals surface area contributed by atoms with E-state index in [1.54, 1.807) is 6.07 Å². The van der Waals surface area contributed by atoms with E-state index in [0.29, 0.717) is 29.3 Å². The third-order valence-corrected chi connectivity index (χ3v) is 3.77. The lowest BCUT2D eigenvalue weighted by atomic mass is 10.1. The summed E-state index contributed by atoms with van der Waals surface area (Å²) in [5, 5.41) is 4.01. The molecule has 130 valence electrons. The lowest BCUT2D eigenvalue weighted by Gasteiger charge is -2.13. The Hall–Kier alpha value is -3.59. The van der Waals surface area contributed by atoms with Gasteiger partial charge in [0.1, 0.15) is 17.9 Å². The highest BCUT2D eigenvalue weighted by atomic mass is 16.5. The third kappa shape index (κ3) is 3.73. The molecule has 6 nitrogen and oxygen atoms in total. The van der Waals surface area contributed by atoms with Gasteiger partial charge in [0.25, 0.3) is 0 Å². The molecule has 0 unspecified atom stereocenters. The summed E-state index contributed by atoms with van der Waals surface area (Å²) in [5.41, 5.74) is 8.34. The van der Waals surface area contributed by atoms with E-state index in [0.717, 1.165) is 16.6 Å². The monoisotopic (exact) mass is 346 g/mol. The molecule has 6 heteroatoms. The maximum absolute atomic E-state index is 11.4. The molecule has 0 saturated carbocycles. The standard InChI is InChI=1S/C20H18N4O2/c1-3-13-6-5-7-15(8-13)24-20-16-9-14(10-19(21)25)18(26-4-2)11-17(16)22-12-23-20/h1,5-9,11-12H,4,10H2,2H3,(H2,21,25)(H,22,23,24). The summed E-state index contributed by atoms with van der Waals surface area (Å²) in [7, 11) is 0. The number of rotatable bonds is 6. The number of primary amides is 1. The average molecular weight is 346 g/mol. The Labute approximate surface area is 151 Å². The maximum Gasteiger partial charge on any atom is 0.221 e. The first-order chi connectivity index (χ1) is 12.6. The molecule has 0 aliphatic heterocycles. The van der Waals surface area contributed by atoms with E-state index < -0.39 is 5.91 Å². The van der Waals surface area contributed by atoms with Crippen LogP contribution in [0.25, 0.3) is 10.9 Å². The van der Waals surface area contributed by atoms with Crippen LogP contribution >= 0.6 is 0 Å². The molecule has 0 fully saturated rings. The van der Waals surface area contributed by atoms with Gasteiger partial charge in [0, 0.05) is 28.3 Å². The predicted octanol–water partition coefficient (Wildman–Crippen LogP) is 2.78. The smallest absolute Gasteiger partial charge is 0.221 e. The van der Waals surface area contributed by atoms with Crippen molar-refractivity contribution in [3.05, 3.63) is 53.9 Å². The Morgan fingerprint density at radius 2 is 2.15 bits per heavy atom. The van der Waals surface area contributed by atoms with E-state index in [4.69, 9.17) is 16.9 Å². The van der Waals surface area contributed by atoms with Crippen molar-refractivity contribution in [1.82, 2.24) is 9.97 Å². The van der Waals surface area contributed by atoms with Crippen LogP contribution in [-0.4, -0.2) is 22.5 Å². The lowest BCUT2D eigenvalue weighted by Crippen LogP contribution is -2.14. The van der Waals surface area contributed by atoms with Gasteiger partial charge in [-0.25, -0.2) is 9.97 Å². The minimum Gasteiger partial charge on any atom is -0.494 e. The highest BCUT2D eigenvalue weighted by molar-refractivity contribution is 5.93. The summed E-state index contributed by atoms with van der Waals surface area (Å²) >= 11 is 0. The molecule has 0 aliphatic carbocycles. The number of nitrogens with zero attached hydrogens (tertiary/aromatic N) is 2. The van der Waals surface area contributed by atoms with Gasteiger partial charge in [0.2, 0.25) is 5.91 Å². The van der Waals surface area contributed by atoms with Crippen molar-refractivity contribution in [2.45, 2.75) is 13.3 Å². The molecule has 1 amide bonds. The Morgan fingerprint density at radius 1 is 1.31 bits per heavy atom. The van der Waals surface area contributed by atoms with Gasteiger partial charge in [-0.15, -0.1) is 6.42 Å². The van der Waals surface area contributed by atoms with Crippen LogP contribution in [0.2, 0.25) is 0 Å². The molecule has 3 aromatic rings. The van der Waals surface area contributed by atoms with Crippen molar-refractivity contribution in [2.75, 3.05) is 11.9 Å². The number of carbonyl (C=O) groups is 1. The van der Waals surface area contributed by atoms with Gasteiger partial charge in [0.15, 0.2) is 0 Å². The fourth-order valence-corrected chi connectivity index (χ4v) is 2.67. The van der Waals surface area contributed by atoms with Crippen LogP contribution in [0, 0.1) is 12.3 Å². The van der Waals surface area contributed by atoms with E-state index in [1.165, 1.54) is 6.33 Å². The van der Waals surface area contributed by atoms with Gasteiger partial charge in [-0.2, -0.15) is 0 Å². The second-order valence-electron chi connectivity index (χ2n) is 5.63. The second kappa shape index (κ2) is 7.53. The molecule has 0 bridgehead atoms. The summed E-state index contributed by atoms with van der Waals surface area (Å²) in [6.07, 6.45) is 7.00. The Morgan fingerprint density at radius 3 is 2.88 bits per heavy atom. The molecule has 2 aromatic carbocycles. The maximum atomic E-state index is 11.4. The molecule has 0 atom stereocenters. The number of fused-ring (bicyclic) bond motifs is 1. The quantitative estimate of drug-likeness (QED) is 0.670. The van der Waals surface area contributed by atoms with E-state index in [1.807, 2.05) is 37.3 Å². The molecule has 0 spiro atoms. The molecule has 3 rings (SSSR count). The normalized spacial score (nSPS) is 10.3. The first-order valence-corrected chi connectivity index (χ1v) is 8.13. The number of amides is 1. The number of aromatic nitrogens is 2. The lowest BCUT2D eigenvalue weighted by molar-refractivity contribution is -0.117. The molecule has 0 aliphatic rings. The predicted molar refractivity (Wildman–Crippen MR) is 101 cm³/mol. The highest BCUT2D eigenvalue weighted by Gasteiger charge is 2.13. The van der Waals surface area contributed by atoms with Crippen LogP contribution in [0.15, 0.2) is 42.7 Å². The number of carbonyl (C=O) groups excluding carboxylic acids is 1.